The summed E-state index contributed by atoms with van der Waals surface area (Å²) in [6.07, 6.45) is 1.71. The van der Waals surface area contributed by atoms with Gasteiger partial charge in [0, 0.05) is 16.6 Å². The molecule has 1 aromatic heterocycles. The Hall–Kier alpha value is -2.82. The number of rotatable bonds is 2. The molecule has 0 radical (unpaired) electrons. The van der Waals surface area contributed by atoms with E-state index in [9.17, 15) is 9.90 Å². The number of aromatic nitrogens is 2. The molecule has 100 valence electrons. The van der Waals surface area contributed by atoms with Crippen molar-refractivity contribution in [1.29, 1.82) is 0 Å². The fourth-order valence-electron chi connectivity index (χ4n) is 2.01. The Balaban J connectivity index is 1.86. The number of phenolic OH excluding ortho intramolecular Hbond substituents is 1. The van der Waals surface area contributed by atoms with E-state index in [1.54, 1.807) is 43.5 Å². The van der Waals surface area contributed by atoms with E-state index < -0.39 is 0 Å². The second-order valence-corrected chi connectivity index (χ2v) is 4.63. The van der Waals surface area contributed by atoms with Crippen molar-refractivity contribution in [2.45, 2.75) is 6.92 Å². The standard InChI is InChI=1S/C15H13N3O2/c1-9-6-12(4-5-14(9)19)17-15(20)10-2-3-11-8-16-18-13(11)7-10/h2-8,19H,1H3,(H,16,18)(H,17,20). The summed E-state index contributed by atoms with van der Waals surface area (Å²) >= 11 is 0. The monoisotopic (exact) mass is 267 g/mol. The lowest BCUT2D eigenvalue weighted by Crippen LogP contribution is -2.11. The minimum atomic E-state index is -0.202. The predicted molar refractivity (Wildman–Crippen MR) is 76.9 cm³/mol. The summed E-state index contributed by atoms with van der Waals surface area (Å²) in [6.45, 7) is 1.78. The van der Waals surface area contributed by atoms with Crippen LogP contribution in [0.5, 0.6) is 5.75 Å². The maximum Gasteiger partial charge on any atom is 0.255 e. The van der Waals surface area contributed by atoms with Gasteiger partial charge in [-0.2, -0.15) is 5.10 Å². The summed E-state index contributed by atoms with van der Waals surface area (Å²) in [6, 6.07) is 10.3. The number of carbonyl (C=O) groups is 1. The molecule has 0 fully saturated rings. The number of phenols is 1. The smallest absolute Gasteiger partial charge is 0.255 e. The molecule has 20 heavy (non-hydrogen) atoms. The van der Waals surface area contributed by atoms with Crippen molar-refractivity contribution in [2.24, 2.45) is 0 Å². The summed E-state index contributed by atoms with van der Waals surface area (Å²) in [7, 11) is 0. The second-order valence-electron chi connectivity index (χ2n) is 4.63. The fraction of sp³-hybridized carbons (Fsp3) is 0.0667. The largest absolute Gasteiger partial charge is 0.508 e. The van der Waals surface area contributed by atoms with Crippen LogP contribution in [0.2, 0.25) is 0 Å². The highest BCUT2D eigenvalue weighted by Crippen LogP contribution is 2.21. The summed E-state index contributed by atoms with van der Waals surface area (Å²) in [5.74, 6) is 0.00784. The van der Waals surface area contributed by atoms with Gasteiger partial charge in [-0.25, -0.2) is 0 Å². The van der Waals surface area contributed by atoms with Crippen molar-refractivity contribution in [2.75, 3.05) is 5.32 Å². The van der Waals surface area contributed by atoms with E-state index in [0.29, 0.717) is 16.8 Å². The van der Waals surface area contributed by atoms with Crippen LogP contribution < -0.4 is 5.32 Å². The number of aryl methyl sites for hydroxylation is 1. The zero-order valence-electron chi connectivity index (χ0n) is 10.8. The molecule has 5 nitrogen and oxygen atoms in total. The molecule has 3 aromatic rings. The van der Waals surface area contributed by atoms with Crippen LogP contribution in [0.1, 0.15) is 15.9 Å². The number of hydrogen-bond donors (Lipinski definition) is 3. The summed E-state index contributed by atoms with van der Waals surface area (Å²) in [5.41, 5.74) is 2.73. The van der Waals surface area contributed by atoms with Gasteiger partial charge in [-0.15, -0.1) is 0 Å². The maximum absolute atomic E-state index is 12.2. The number of aromatic amines is 1. The molecule has 0 aliphatic carbocycles. The van der Waals surface area contributed by atoms with Crippen LogP contribution in [0, 0.1) is 6.92 Å². The first-order valence-corrected chi connectivity index (χ1v) is 6.17. The van der Waals surface area contributed by atoms with Crippen molar-refractivity contribution in [3.05, 3.63) is 53.7 Å². The predicted octanol–water partition coefficient (Wildman–Crippen LogP) is 2.83. The van der Waals surface area contributed by atoms with Gasteiger partial charge in [0.2, 0.25) is 0 Å². The molecule has 0 saturated carbocycles. The molecule has 0 aliphatic heterocycles. The van der Waals surface area contributed by atoms with Crippen molar-refractivity contribution in [3.63, 3.8) is 0 Å². The molecule has 5 heteroatoms. The number of H-pyrrole nitrogens is 1. The number of aromatic hydroxyl groups is 1. The van der Waals surface area contributed by atoms with Gasteiger partial charge in [-0.05, 0) is 42.8 Å². The first kappa shape index (κ1) is 12.2. The van der Waals surface area contributed by atoms with Gasteiger partial charge in [0.1, 0.15) is 5.75 Å². The van der Waals surface area contributed by atoms with E-state index in [0.717, 1.165) is 10.9 Å². The Bertz CT molecular complexity index is 793. The normalized spacial score (nSPS) is 10.7. The lowest BCUT2D eigenvalue weighted by Gasteiger charge is -2.07. The number of benzene rings is 2. The quantitative estimate of drug-likeness (QED) is 0.625. The lowest BCUT2D eigenvalue weighted by molar-refractivity contribution is 0.102. The highest BCUT2D eigenvalue weighted by atomic mass is 16.3. The third kappa shape index (κ3) is 2.21. The molecule has 1 amide bonds. The maximum atomic E-state index is 12.2. The Morgan fingerprint density at radius 3 is 2.90 bits per heavy atom. The first-order valence-electron chi connectivity index (χ1n) is 6.17. The zero-order chi connectivity index (χ0) is 14.1. The zero-order valence-corrected chi connectivity index (χ0v) is 10.8. The van der Waals surface area contributed by atoms with E-state index in [1.165, 1.54) is 0 Å². The molecule has 0 bridgehead atoms. The van der Waals surface area contributed by atoms with Gasteiger partial charge >= 0.3 is 0 Å². The van der Waals surface area contributed by atoms with Gasteiger partial charge in [-0.3, -0.25) is 9.89 Å². The molecule has 0 spiro atoms. The van der Waals surface area contributed by atoms with Gasteiger partial charge in [0.25, 0.3) is 5.91 Å². The Labute approximate surface area is 115 Å². The fourth-order valence-corrected chi connectivity index (χ4v) is 2.01. The minimum Gasteiger partial charge on any atom is -0.508 e. The number of fused-ring (bicyclic) bond motifs is 1. The molecule has 2 aromatic carbocycles. The number of nitrogens with one attached hydrogen (secondary N) is 2. The van der Waals surface area contributed by atoms with Crippen molar-refractivity contribution in [3.8, 4) is 5.75 Å². The molecule has 3 rings (SSSR count). The average molecular weight is 267 g/mol. The van der Waals surface area contributed by atoms with Crippen molar-refractivity contribution >= 4 is 22.5 Å². The highest BCUT2D eigenvalue weighted by molar-refractivity contribution is 6.06. The molecule has 0 atom stereocenters. The minimum absolute atomic E-state index is 0.202. The summed E-state index contributed by atoms with van der Waals surface area (Å²) in [5, 5.41) is 20.0. The molecule has 0 aliphatic rings. The lowest BCUT2D eigenvalue weighted by atomic mass is 10.1. The average Bonchev–Trinajstić information content (AvgIpc) is 2.90. The van der Waals surface area contributed by atoms with Crippen LogP contribution in [0.3, 0.4) is 0 Å². The number of amides is 1. The highest BCUT2D eigenvalue weighted by Gasteiger charge is 2.08. The summed E-state index contributed by atoms with van der Waals surface area (Å²) in [4.78, 5) is 12.2. The van der Waals surface area contributed by atoms with Gasteiger partial charge in [0.15, 0.2) is 0 Å². The molecular formula is C15H13N3O2. The topological polar surface area (TPSA) is 78.0 Å². The van der Waals surface area contributed by atoms with Crippen LogP contribution in [0.25, 0.3) is 10.9 Å². The van der Waals surface area contributed by atoms with E-state index in [-0.39, 0.29) is 11.7 Å². The van der Waals surface area contributed by atoms with Gasteiger partial charge < -0.3 is 10.4 Å². The first-order chi connectivity index (χ1) is 9.63. The van der Waals surface area contributed by atoms with Crippen molar-refractivity contribution < 1.29 is 9.90 Å². The molecule has 0 saturated heterocycles. The number of nitrogens with zero attached hydrogens (tertiary/aromatic N) is 1. The Kier molecular flexibility index (Phi) is 2.87. The SMILES string of the molecule is Cc1cc(NC(=O)c2ccc3cn[nH]c3c2)ccc1O. The Morgan fingerprint density at radius 2 is 2.10 bits per heavy atom. The Morgan fingerprint density at radius 1 is 1.25 bits per heavy atom. The van der Waals surface area contributed by atoms with Crippen LogP contribution in [-0.2, 0) is 0 Å². The number of carbonyl (C=O) groups excluding carboxylic acids is 1. The van der Waals surface area contributed by atoms with E-state index in [4.69, 9.17) is 0 Å². The third-order valence-corrected chi connectivity index (χ3v) is 3.16. The van der Waals surface area contributed by atoms with Gasteiger partial charge in [-0.1, -0.05) is 6.07 Å². The van der Waals surface area contributed by atoms with Gasteiger partial charge in [0.05, 0.1) is 11.7 Å². The van der Waals surface area contributed by atoms with E-state index in [2.05, 4.69) is 15.5 Å². The van der Waals surface area contributed by atoms with E-state index >= 15 is 0 Å². The number of anilines is 1. The van der Waals surface area contributed by atoms with Crippen molar-refractivity contribution in [1.82, 2.24) is 10.2 Å². The molecule has 0 unspecified atom stereocenters. The van der Waals surface area contributed by atoms with Crippen LogP contribution in [0.15, 0.2) is 42.6 Å². The number of hydrogen-bond acceptors (Lipinski definition) is 3. The third-order valence-electron chi connectivity index (χ3n) is 3.16. The van der Waals surface area contributed by atoms with Crippen LogP contribution >= 0.6 is 0 Å². The molecule has 3 N–H and O–H groups in total. The second kappa shape index (κ2) is 4.70. The summed E-state index contributed by atoms with van der Waals surface area (Å²) < 4.78 is 0. The van der Waals surface area contributed by atoms with E-state index in [1.807, 2.05) is 6.07 Å². The van der Waals surface area contributed by atoms with Crippen LogP contribution in [-0.4, -0.2) is 21.2 Å². The molecular weight excluding hydrogens is 254 g/mol. The molecule has 1 heterocycles. The van der Waals surface area contributed by atoms with Crippen LogP contribution in [0.4, 0.5) is 5.69 Å².